The Bertz CT molecular complexity index is 1130. The lowest BCUT2D eigenvalue weighted by atomic mass is 10.1. The molecule has 0 saturated carbocycles. The molecule has 1 aromatic heterocycles. The van der Waals surface area contributed by atoms with Gasteiger partial charge >= 0.3 is 18.4 Å². The van der Waals surface area contributed by atoms with Gasteiger partial charge in [0.2, 0.25) is 0 Å². The molecule has 3 rings (SSSR count). The van der Waals surface area contributed by atoms with Crippen molar-refractivity contribution in [1.82, 2.24) is 15.1 Å². The van der Waals surface area contributed by atoms with Crippen LogP contribution in [-0.2, 0) is 12.4 Å². The first-order valence-electron chi connectivity index (χ1n) is 8.88. The number of hydrogen-bond donors (Lipinski definition) is 2. The van der Waals surface area contributed by atoms with Gasteiger partial charge in [0.15, 0.2) is 0 Å². The van der Waals surface area contributed by atoms with E-state index in [4.69, 9.17) is 0 Å². The number of halogens is 6. The second kappa shape index (κ2) is 8.36. The highest BCUT2D eigenvalue weighted by Crippen LogP contribution is 2.32. The molecule has 0 radical (unpaired) electrons. The highest BCUT2D eigenvalue weighted by Gasteiger charge is 2.36. The molecular formula is C20H14F6N4O2. The van der Waals surface area contributed by atoms with Crippen molar-refractivity contribution in [3.05, 3.63) is 77.1 Å². The van der Waals surface area contributed by atoms with E-state index in [9.17, 15) is 35.9 Å². The van der Waals surface area contributed by atoms with Crippen LogP contribution < -0.4 is 10.6 Å². The molecule has 2 N–H and O–H groups in total. The number of carbonyl (C=O) groups is 2. The van der Waals surface area contributed by atoms with Crippen LogP contribution in [-0.4, -0.2) is 21.7 Å². The third kappa shape index (κ3) is 5.25. The number of hydrogen-bond acceptors (Lipinski definition) is 3. The Labute approximate surface area is 176 Å². The maximum Gasteiger partial charge on any atom is 0.433 e. The fourth-order valence-corrected chi connectivity index (χ4v) is 2.73. The van der Waals surface area contributed by atoms with Crippen molar-refractivity contribution >= 4 is 17.6 Å². The largest absolute Gasteiger partial charge is 0.433 e. The topological polar surface area (TPSA) is 76.0 Å². The molecule has 0 spiro atoms. The van der Waals surface area contributed by atoms with Crippen LogP contribution in [0.5, 0.6) is 0 Å². The average Bonchev–Trinajstić information content (AvgIpc) is 3.10. The van der Waals surface area contributed by atoms with Crippen LogP contribution in [0.15, 0.2) is 54.6 Å². The third-order valence-corrected chi connectivity index (χ3v) is 4.19. The van der Waals surface area contributed by atoms with Gasteiger partial charge in [-0.05, 0) is 61.5 Å². The number of nitrogens with one attached hydrogen (secondary N) is 2. The lowest BCUT2D eigenvalue weighted by Crippen LogP contribution is -2.34. The van der Waals surface area contributed by atoms with Gasteiger partial charge in [0.05, 0.1) is 16.9 Å². The van der Waals surface area contributed by atoms with Gasteiger partial charge in [-0.1, -0.05) is 0 Å². The quantitative estimate of drug-likeness (QED) is 0.534. The SMILES string of the molecule is Cc1cc(C(F)(F)F)n(-c2ccc(NC(=O)NC(=O)c3ccc(C(F)(F)F)cc3)cc2)n1. The Hall–Kier alpha value is -3.83. The minimum absolute atomic E-state index is 0.0946. The first-order chi connectivity index (χ1) is 14.8. The molecule has 0 fully saturated rings. The summed E-state index contributed by atoms with van der Waals surface area (Å²) in [7, 11) is 0. The minimum atomic E-state index is -4.61. The first-order valence-corrected chi connectivity index (χ1v) is 8.88. The molecule has 3 amide bonds. The van der Waals surface area contributed by atoms with Crippen LogP contribution in [0.3, 0.4) is 0 Å². The van der Waals surface area contributed by atoms with Crippen molar-refractivity contribution < 1.29 is 35.9 Å². The van der Waals surface area contributed by atoms with Gasteiger partial charge in [0, 0.05) is 11.3 Å². The predicted molar refractivity (Wildman–Crippen MR) is 101 cm³/mol. The smallest absolute Gasteiger partial charge is 0.308 e. The van der Waals surface area contributed by atoms with Crippen molar-refractivity contribution in [2.45, 2.75) is 19.3 Å². The summed E-state index contributed by atoms with van der Waals surface area (Å²) in [5.74, 6) is -0.935. The number of amides is 3. The number of urea groups is 1. The maximum absolute atomic E-state index is 13.1. The van der Waals surface area contributed by atoms with Crippen molar-refractivity contribution in [2.75, 3.05) is 5.32 Å². The van der Waals surface area contributed by atoms with Gasteiger partial charge in [0.1, 0.15) is 5.69 Å². The minimum Gasteiger partial charge on any atom is -0.308 e. The van der Waals surface area contributed by atoms with Gasteiger partial charge in [-0.15, -0.1) is 0 Å². The summed E-state index contributed by atoms with van der Waals surface area (Å²) in [4.78, 5) is 24.0. The molecule has 0 unspecified atom stereocenters. The van der Waals surface area contributed by atoms with Crippen LogP contribution in [0.25, 0.3) is 5.69 Å². The van der Waals surface area contributed by atoms with Crippen molar-refractivity contribution in [2.24, 2.45) is 0 Å². The van der Waals surface area contributed by atoms with E-state index in [0.29, 0.717) is 16.8 Å². The number of alkyl halides is 6. The molecule has 2 aromatic carbocycles. The molecule has 168 valence electrons. The Morgan fingerprint density at radius 2 is 1.47 bits per heavy atom. The Morgan fingerprint density at radius 3 is 2.00 bits per heavy atom. The molecule has 0 aliphatic carbocycles. The van der Waals surface area contributed by atoms with Gasteiger partial charge in [-0.3, -0.25) is 10.1 Å². The number of aryl methyl sites for hydroxylation is 1. The van der Waals surface area contributed by atoms with Gasteiger partial charge in [-0.2, -0.15) is 31.4 Å². The summed E-state index contributed by atoms with van der Waals surface area (Å²) in [5, 5.41) is 8.06. The number of nitrogens with zero attached hydrogens (tertiary/aromatic N) is 2. The number of aromatic nitrogens is 2. The number of carbonyl (C=O) groups excluding carboxylic acids is 2. The molecule has 0 atom stereocenters. The van der Waals surface area contributed by atoms with Crippen LogP contribution in [0, 0.1) is 6.92 Å². The van der Waals surface area contributed by atoms with Gasteiger partial charge in [0.25, 0.3) is 5.91 Å². The van der Waals surface area contributed by atoms with E-state index in [1.807, 2.05) is 5.32 Å². The summed E-state index contributed by atoms with van der Waals surface area (Å²) in [6.45, 7) is 1.42. The van der Waals surface area contributed by atoms with Crippen LogP contribution in [0.2, 0.25) is 0 Å². The van der Waals surface area contributed by atoms with Crippen LogP contribution >= 0.6 is 0 Å². The molecule has 0 bridgehead atoms. The van der Waals surface area contributed by atoms with Crippen molar-refractivity contribution in [3.63, 3.8) is 0 Å². The monoisotopic (exact) mass is 456 g/mol. The normalized spacial score (nSPS) is 11.8. The summed E-state index contributed by atoms with van der Waals surface area (Å²) < 4.78 is 77.8. The van der Waals surface area contributed by atoms with E-state index >= 15 is 0 Å². The van der Waals surface area contributed by atoms with Crippen LogP contribution in [0.1, 0.15) is 27.3 Å². The first kappa shape index (κ1) is 22.8. The third-order valence-electron chi connectivity index (χ3n) is 4.19. The lowest BCUT2D eigenvalue weighted by molar-refractivity contribution is -0.142. The zero-order valence-corrected chi connectivity index (χ0v) is 16.2. The van der Waals surface area contributed by atoms with Gasteiger partial charge < -0.3 is 5.32 Å². The average molecular weight is 456 g/mol. The Balaban J connectivity index is 1.66. The second-order valence-corrected chi connectivity index (χ2v) is 6.61. The molecule has 32 heavy (non-hydrogen) atoms. The summed E-state index contributed by atoms with van der Waals surface area (Å²) >= 11 is 0. The predicted octanol–water partition coefficient (Wildman–Crippen LogP) is 5.18. The van der Waals surface area contributed by atoms with E-state index in [0.717, 1.165) is 18.2 Å². The standard InChI is InChI=1S/C20H14F6N4O2/c1-11-10-16(20(24,25)26)30(29-11)15-8-6-14(7-9-15)27-18(32)28-17(31)12-2-4-13(5-3-12)19(21,22)23/h2-10H,1H3,(H2,27,28,31,32). The fraction of sp³-hybridized carbons (Fsp3) is 0.150. The molecule has 3 aromatic rings. The Morgan fingerprint density at radius 1 is 0.875 bits per heavy atom. The molecule has 12 heteroatoms. The summed E-state index contributed by atoms with van der Waals surface area (Å²) in [6, 6.07) is 8.35. The molecular weight excluding hydrogens is 442 g/mol. The lowest BCUT2D eigenvalue weighted by Gasteiger charge is -2.11. The van der Waals surface area contributed by atoms with Crippen LogP contribution in [0.4, 0.5) is 36.8 Å². The number of rotatable bonds is 3. The molecule has 6 nitrogen and oxygen atoms in total. The van der Waals surface area contributed by atoms with E-state index < -0.39 is 35.5 Å². The number of anilines is 1. The molecule has 1 heterocycles. The molecule has 0 aliphatic rings. The highest BCUT2D eigenvalue weighted by atomic mass is 19.4. The highest BCUT2D eigenvalue weighted by molar-refractivity contribution is 6.07. The number of benzene rings is 2. The Kier molecular flexibility index (Phi) is 5.97. The second-order valence-electron chi connectivity index (χ2n) is 6.61. The van der Waals surface area contributed by atoms with Crippen molar-refractivity contribution in [1.29, 1.82) is 0 Å². The zero-order valence-electron chi connectivity index (χ0n) is 16.2. The number of imide groups is 1. The van der Waals surface area contributed by atoms with Gasteiger partial charge in [-0.25, -0.2) is 9.48 Å². The maximum atomic E-state index is 13.1. The van der Waals surface area contributed by atoms with E-state index in [1.165, 1.54) is 31.2 Å². The molecule has 0 aliphatic heterocycles. The zero-order chi connectivity index (χ0) is 23.7. The fourth-order valence-electron chi connectivity index (χ4n) is 2.73. The van der Waals surface area contributed by atoms with Crippen molar-refractivity contribution in [3.8, 4) is 5.69 Å². The summed E-state index contributed by atoms with van der Waals surface area (Å²) in [6.07, 6.45) is -9.18. The molecule has 0 saturated heterocycles. The van der Waals surface area contributed by atoms with E-state index in [-0.39, 0.29) is 22.6 Å². The van der Waals surface area contributed by atoms with E-state index in [1.54, 1.807) is 0 Å². The summed E-state index contributed by atoms with van der Waals surface area (Å²) in [5.41, 5.74) is -1.66. The van der Waals surface area contributed by atoms with E-state index in [2.05, 4.69) is 10.4 Å².